The quantitative estimate of drug-likeness (QED) is 0.586. The van der Waals surface area contributed by atoms with Crippen LogP contribution in [0.15, 0.2) is 42.7 Å². The highest BCUT2D eigenvalue weighted by Crippen LogP contribution is 2.13. The van der Waals surface area contributed by atoms with Crippen molar-refractivity contribution >= 4 is 28.9 Å². The van der Waals surface area contributed by atoms with Crippen LogP contribution in [0.3, 0.4) is 0 Å². The molecule has 0 saturated heterocycles. The molecule has 5 nitrogen and oxygen atoms in total. The largest absolute Gasteiger partial charge is 0.331 e. The van der Waals surface area contributed by atoms with E-state index in [1.807, 2.05) is 0 Å². The van der Waals surface area contributed by atoms with Crippen LogP contribution in [0.5, 0.6) is 0 Å². The number of aryl methyl sites for hydroxylation is 1. The van der Waals surface area contributed by atoms with E-state index in [1.165, 1.54) is 12.3 Å². The van der Waals surface area contributed by atoms with Crippen molar-refractivity contribution in [1.29, 1.82) is 0 Å². The van der Waals surface area contributed by atoms with E-state index in [0.717, 1.165) is 0 Å². The first-order chi connectivity index (χ1) is 10.1. The predicted octanol–water partition coefficient (Wildman–Crippen LogP) is 2.16. The Bertz CT molecular complexity index is 663. The summed E-state index contributed by atoms with van der Waals surface area (Å²) in [7, 11) is 0. The number of aromatic nitrogens is 1. The van der Waals surface area contributed by atoms with Gasteiger partial charge in [-0.25, -0.2) is 4.39 Å². The molecule has 1 aromatic carbocycles. The summed E-state index contributed by atoms with van der Waals surface area (Å²) in [4.78, 5) is 15.6. The molecule has 0 bridgehead atoms. The third-order valence-corrected chi connectivity index (χ3v) is 2.85. The second-order valence-corrected chi connectivity index (χ2v) is 4.65. The molecule has 7 heteroatoms. The highest BCUT2D eigenvalue weighted by atomic mass is 32.1. The Hall–Kier alpha value is -2.54. The second kappa shape index (κ2) is 6.76. The number of amides is 1. The molecule has 108 valence electrons. The minimum Gasteiger partial charge on any atom is -0.331 e. The van der Waals surface area contributed by atoms with Crippen LogP contribution in [0.1, 0.15) is 15.9 Å². The minimum absolute atomic E-state index is 0.149. The maximum Gasteiger partial charge on any atom is 0.271 e. The number of thiocarbonyl (C=S) groups is 1. The summed E-state index contributed by atoms with van der Waals surface area (Å²) in [6.07, 6.45) is 3.01. The summed E-state index contributed by atoms with van der Waals surface area (Å²) >= 11 is 5.01. The van der Waals surface area contributed by atoms with E-state index >= 15 is 0 Å². The number of hydrogen-bond donors (Lipinski definition) is 3. The Morgan fingerprint density at radius 2 is 2.10 bits per heavy atom. The topological polar surface area (TPSA) is 66.0 Å². The predicted molar refractivity (Wildman–Crippen MR) is 82.2 cm³/mol. The number of carbonyl (C=O) groups is 1. The van der Waals surface area contributed by atoms with Gasteiger partial charge < -0.3 is 5.32 Å². The molecule has 1 aromatic heterocycles. The fourth-order valence-electron chi connectivity index (χ4n) is 1.52. The van der Waals surface area contributed by atoms with Crippen molar-refractivity contribution in [3.8, 4) is 0 Å². The number of nitrogens with zero attached hydrogens (tertiary/aromatic N) is 1. The van der Waals surface area contributed by atoms with Gasteiger partial charge in [0.2, 0.25) is 0 Å². The van der Waals surface area contributed by atoms with E-state index in [1.54, 1.807) is 37.4 Å². The number of anilines is 1. The van der Waals surface area contributed by atoms with Gasteiger partial charge in [-0.1, -0.05) is 6.07 Å². The zero-order valence-corrected chi connectivity index (χ0v) is 12.0. The zero-order chi connectivity index (χ0) is 15.2. The van der Waals surface area contributed by atoms with E-state index in [2.05, 4.69) is 21.2 Å². The summed E-state index contributed by atoms with van der Waals surface area (Å²) in [5.74, 6) is -0.704. The van der Waals surface area contributed by atoms with Gasteiger partial charge in [0.1, 0.15) is 5.82 Å². The number of pyridine rings is 1. The standard InChI is InChI=1S/C14H13FN4OS/c1-9-4-5-11(7-12(9)15)17-14(21)19-18-13(20)10-3-2-6-16-8-10/h2-8H,1H3,(H,18,20)(H2,17,19,21). The smallest absolute Gasteiger partial charge is 0.271 e. The third kappa shape index (κ3) is 4.22. The van der Waals surface area contributed by atoms with Crippen LogP contribution in [0.2, 0.25) is 0 Å². The van der Waals surface area contributed by atoms with Crippen molar-refractivity contribution in [2.24, 2.45) is 0 Å². The van der Waals surface area contributed by atoms with E-state index < -0.39 is 0 Å². The Kier molecular flexibility index (Phi) is 4.78. The lowest BCUT2D eigenvalue weighted by Crippen LogP contribution is -2.43. The molecule has 0 radical (unpaired) electrons. The normalized spacial score (nSPS) is 9.81. The van der Waals surface area contributed by atoms with Crippen molar-refractivity contribution in [2.75, 3.05) is 5.32 Å². The summed E-state index contributed by atoms with van der Waals surface area (Å²) in [5.41, 5.74) is 6.39. The Morgan fingerprint density at radius 3 is 2.76 bits per heavy atom. The maximum atomic E-state index is 13.4. The maximum absolute atomic E-state index is 13.4. The molecular weight excluding hydrogens is 291 g/mol. The molecule has 0 unspecified atom stereocenters. The molecule has 3 N–H and O–H groups in total. The molecule has 1 heterocycles. The van der Waals surface area contributed by atoms with Crippen LogP contribution in [0, 0.1) is 12.7 Å². The number of benzene rings is 1. The number of rotatable bonds is 2. The lowest BCUT2D eigenvalue weighted by atomic mass is 10.2. The fraction of sp³-hybridized carbons (Fsp3) is 0.0714. The first-order valence-electron chi connectivity index (χ1n) is 6.10. The molecule has 2 rings (SSSR count). The Labute approximate surface area is 126 Å². The van der Waals surface area contributed by atoms with E-state index in [9.17, 15) is 9.18 Å². The highest BCUT2D eigenvalue weighted by molar-refractivity contribution is 7.80. The number of carbonyl (C=O) groups excluding carboxylic acids is 1. The molecule has 21 heavy (non-hydrogen) atoms. The molecular formula is C14H13FN4OS. The van der Waals surface area contributed by atoms with Gasteiger partial charge in [0, 0.05) is 18.1 Å². The SMILES string of the molecule is Cc1ccc(NC(=S)NNC(=O)c2cccnc2)cc1F. The second-order valence-electron chi connectivity index (χ2n) is 4.24. The van der Waals surface area contributed by atoms with Gasteiger partial charge >= 0.3 is 0 Å². The lowest BCUT2D eigenvalue weighted by Gasteiger charge is -2.12. The van der Waals surface area contributed by atoms with Gasteiger partial charge in [0.15, 0.2) is 5.11 Å². The average molecular weight is 304 g/mol. The van der Waals surface area contributed by atoms with Gasteiger partial charge in [-0.3, -0.25) is 20.6 Å². The average Bonchev–Trinajstić information content (AvgIpc) is 2.49. The first kappa shape index (κ1) is 14.9. The number of hydrogen-bond acceptors (Lipinski definition) is 3. The van der Waals surface area contributed by atoms with Gasteiger partial charge in [-0.2, -0.15) is 0 Å². The summed E-state index contributed by atoms with van der Waals surface area (Å²) < 4.78 is 13.4. The molecule has 0 fully saturated rings. The molecule has 0 aliphatic heterocycles. The monoisotopic (exact) mass is 304 g/mol. The Balaban J connectivity index is 1.87. The summed E-state index contributed by atoms with van der Waals surface area (Å²) in [6.45, 7) is 1.67. The van der Waals surface area contributed by atoms with Crippen molar-refractivity contribution in [3.63, 3.8) is 0 Å². The summed E-state index contributed by atoms with van der Waals surface area (Å²) in [5, 5.41) is 2.92. The fourth-order valence-corrected chi connectivity index (χ4v) is 1.68. The molecule has 0 aliphatic carbocycles. The van der Waals surface area contributed by atoms with Crippen LogP contribution in [-0.4, -0.2) is 16.0 Å². The third-order valence-electron chi connectivity index (χ3n) is 2.64. The molecule has 1 amide bonds. The Morgan fingerprint density at radius 1 is 1.29 bits per heavy atom. The lowest BCUT2D eigenvalue weighted by molar-refractivity contribution is 0.0944. The van der Waals surface area contributed by atoms with Gasteiger partial charge in [-0.05, 0) is 49.0 Å². The van der Waals surface area contributed by atoms with Crippen LogP contribution < -0.4 is 16.2 Å². The van der Waals surface area contributed by atoms with E-state index in [0.29, 0.717) is 16.8 Å². The van der Waals surface area contributed by atoms with Crippen LogP contribution in [-0.2, 0) is 0 Å². The number of halogens is 1. The van der Waals surface area contributed by atoms with Crippen molar-refractivity contribution in [2.45, 2.75) is 6.92 Å². The van der Waals surface area contributed by atoms with Crippen molar-refractivity contribution < 1.29 is 9.18 Å². The number of hydrazine groups is 1. The van der Waals surface area contributed by atoms with Crippen LogP contribution in [0.4, 0.5) is 10.1 Å². The van der Waals surface area contributed by atoms with Gasteiger partial charge in [0.05, 0.1) is 5.56 Å². The molecule has 0 saturated carbocycles. The van der Waals surface area contributed by atoms with Gasteiger partial charge in [-0.15, -0.1) is 0 Å². The van der Waals surface area contributed by atoms with E-state index in [4.69, 9.17) is 12.2 Å². The van der Waals surface area contributed by atoms with Crippen LogP contribution in [0.25, 0.3) is 0 Å². The molecule has 0 spiro atoms. The minimum atomic E-state index is -0.373. The van der Waals surface area contributed by atoms with E-state index in [-0.39, 0.29) is 16.8 Å². The highest BCUT2D eigenvalue weighted by Gasteiger charge is 2.06. The zero-order valence-electron chi connectivity index (χ0n) is 11.2. The van der Waals surface area contributed by atoms with Gasteiger partial charge in [0.25, 0.3) is 5.91 Å². The summed E-state index contributed by atoms with van der Waals surface area (Å²) in [6, 6.07) is 7.92. The van der Waals surface area contributed by atoms with Crippen molar-refractivity contribution in [1.82, 2.24) is 15.8 Å². The first-order valence-corrected chi connectivity index (χ1v) is 6.50. The molecule has 0 atom stereocenters. The van der Waals surface area contributed by atoms with Crippen molar-refractivity contribution in [3.05, 3.63) is 59.7 Å². The molecule has 0 aliphatic rings. The number of nitrogens with one attached hydrogen (secondary N) is 3. The van der Waals surface area contributed by atoms with Crippen LogP contribution >= 0.6 is 12.2 Å². The molecule has 2 aromatic rings.